The Labute approximate surface area is 103 Å². The number of rotatable bonds is 6. The fourth-order valence-corrected chi connectivity index (χ4v) is 1.46. The van der Waals surface area contributed by atoms with Crippen LogP contribution < -0.4 is 0 Å². The zero-order valence-electron chi connectivity index (χ0n) is 11.4. The second kappa shape index (κ2) is 7.14. The Morgan fingerprint density at radius 2 is 1.76 bits per heavy atom. The number of nitrogens with zero attached hydrogens (tertiary/aromatic N) is 2. The van der Waals surface area contributed by atoms with Crippen LogP contribution in [0.5, 0.6) is 0 Å². The van der Waals surface area contributed by atoms with Gasteiger partial charge < -0.3 is 14.9 Å². The summed E-state index contributed by atoms with van der Waals surface area (Å²) in [5.41, 5.74) is 0. The Morgan fingerprint density at radius 1 is 1.24 bits per heavy atom. The van der Waals surface area contributed by atoms with Crippen molar-refractivity contribution in [2.24, 2.45) is 0 Å². The van der Waals surface area contributed by atoms with Gasteiger partial charge in [-0.25, -0.2) is 4.79 Å². The van der Waals surface area contributed by atoms with E-state index >= 15 is 0 Å². The van der Waals surface area contributed by atoms with E-state index in [-0.39, 0.29) is 31.1 Å². The van der Waals surface area contributed by atoms with Crippen molar-refractivity contribution in [3.63, 3.8) is 0 Å². The number of amides is 2. The fraction of sp³-hybridized carbons (Fsp3) is 0.833. The summed E-state index contributed by atoms with van der Waals surface area (Å²) in [6, 6.07) is 0.0672. The van der Waals surface area contributed by atoms with Crippen molar-refractivity contribution in [3.8, 4) is 0 Å². The zero-order chi connectivity index (χ0) is 13.6. The second-order valence-corrected chi connectivity index (χ2v) is 4.58. The van der Waals surface area contributed by atoms with Crippen LogP contribution in [0.25, 0.3) is 0 Å². The van der Waals surface area contributed by atoms with Crippen LogP contribution in [0.15, 0.2) is 0 Å². The van der Waals surface area contributed by atoms with E-state index in [1.807, 2.05) is 27.7 Å². The number of urea groups is 1. The molecule has 0 saturated carbocycles. The number of carbonyl (C=O) groups is 2. The first kappa shape index (κ1) is 15.7. The largest absolute Gasteiger partial charge is 0.481 e. The normalized spacial score (nSPS) is 12.4. The van der Waals surface area contributed by atoms with Crippen LogP contribution in [0.4, 0.5) is 4.79 Å². The first-order valence-corrected chi connectivity index (χ1v) is 6.06. The molecule has 0 aromatic carbocycles. The Balaban J connectivity index is 4.59. The lowest BCUT2D eigenvalue weighted by Crippen LogP contribution is -2.48. The van der Waals surface area contributed by atoms with E-state index in [0.717, 1.165) is 6.42 Å². The number of carbonyl (C=O) groups excluding carboxylic acids is 1. The van der Waals surface area contributed by atoms with Gasteiger partial charge in [-0.1, -0.05) is 6.92 Å². The summed E-state index contributed by atoms with van der Waals surface area (Å²) in [4.78, 5) is 26.0. The number of aliphatic carboxylic acids is 1. The Bertz CT molecular complexity index is 266. The highest BCUT2D eigenvalue weighted by molar-refractivity contribution is 5.75. The summed E-state index contributed by atoms with van der Waals surface area (Å²) in [5, 5.41) is 8.67. The van der Waals surface area contributed by atoms with Crippen LogP contribution >= 0.6 is 0 Å². The lowest BCUT2D eigenvalue weighted by Gasteiger charge is -2.33. The molecule has 0 aromatic rings. The first-order valence-electron chi connectivity index (χ1n) is 6.06. The maximum Gasteiger partial charge on any atom is 0.320 e. The van der Waals surface area contributed by atoms with E-state index in [1.54, 1.807) is 16.8 Å². The summed E-state index contributed by atoms with van der Waals surface area (Å²) >= 11 is 0. The van der Waals surface area contributed by atoms with Gasteiger partial charge in [0.15, 0.2) is 0 Å². The molecule has 100 valence electrons. The van der Waals surface area contributed by atoms with Gasteiger partial charge in [0.05, 0.1) is 6.42 Å². The van der Waals surface area contributed by atoms with Gasteiger partial charge in [0.1, 0.15) is 0 Å². The predicted molar refractivity (Wildman–Crippen MR) is 67.0 cm³/mol. The highest BCUT2D eigenvalue weighted by Crippen LogP contribution is 2.09. The topological polar surface area (TPSA) is 60.9 Å². The molecule has 0 spiro atoms. The Kier molecular flexibility index (Phi) is 6.61. The molecule has 0 bridgehead atoms. The summed E-state index contributed by atoms with van der Waals surface area (Å²) in [7, 11) is 1.76. The average molecular weight is 244 g/mol. The first-order chi connectivity index (χ1) is 7.81. The SMILES string of the molecule is CCC(C)N(C)C(=O)N(CCC(=O)O)C(C)C. The van der Waals surface area contributed by atoms with Crippen molar-refractivity contribution >= 4 is 12.0 Å². The van der Waals surface area contributed by atoms with E-state index in [9.17, 15) is 9.59 Å². The van der Waals surface area contributed by atoms with Crippen molar-refractivity contribution in [2.45, 2.75) is 52.6 Å². The lowest BCUT2D eigenvalue weighted by atomic mass is 10.2. The van der Waals surface area contributed by atoms with Gasteiger partial charge in [0, 0.05) is 25.7 Å². The van der Waals surface area contributed by atoms with E-state index < -0.39 is 5.97 Å². The van der Waals surface area contributed by atoms with E-state index in [1.165, 1.54) is 0 Å². The van der Waals surface area contributed by atoms with Crippen molar-refractivity contribution < 1.29 is 14.7 Å². The smallest absolute Gasteiger partial charge is 0.320 e. The van der Waals surface area contributed by atoms with E-state index in [2.05, 4.69) is 0 Å². The molecule has 2 amide bonds. The molecule has 17 heavy (non-hydrogen) atoms. The van der Waals surface area contributed by atoms with E-state index in [4.69, 9.17) is 5.11 Å². The number of carboxylic acids is 1. The lowest BCUT2D eigenvalue weighted by molar-refractivity contribution is -0.137. The van der Waals surface area contributed by atoms with Crippen molar-refractivity contribution in [1.82, 2.24) is 9.80 Å². The molecule has 0 rings (SSSR count). The molecule has 1 unspecified atom stereocenters. The standard InChI is InChI=1S/C12H24N2O3/c1-6-10(4)13(5)12(17)14(9(2)3)8-7-11(15)16/h9-10H,6-8H2,1-5H3,(H,15,16). The maximum atomic E-state index is 12.2. The van der Waals surface area contributed by atoms with Crippen LogP contribution in [0.2, 0.25) is 0 Å². The highest BCUT2D eigenvalue weighted by atomic mass is 16.4. The molecule has 1 N–H and O–H groups in total. The number of hydrogen-bond acceptors (Lipinski definition) is 2. The quantitative estimate of drug-likeness (QED) is 0.777. The number of hydrogen-bond donors (Lipinski definition) is 1. The van der Waals surface area contributed by atoms with Gasteiger partial charge in [-0.3, -0.25) is 4.79 Å². The van der Waals surface area contributed by atoms with Crippen molar-refractivity contribution in [3.05, 3.63) is 0 Å². The number of carboxylic acid groups (broad SMARTS) is 1. The van der Waals surface area contributed by atoms with Gasteiger partial charge in [-0.2, -0.15) is 0 Å². The minimum Gasteiger partial charge on any atom is -0.481 e. The van der Waals surface area contributed by atoms with Crippen molar-refractivity contribution in [2.75, 3.05) is 13.6 Å². The van der Waals surface area contributed by atoms with Crippen LogP contribution in [0.3, 0.4) is 0 Å². The molecule has 0 aliphatic heterocycles. The Hall–Kier alpha value is -1.26. The van der Waals surface area contributed by atoms with Gasteiger partial charge in [0.2, 0.25) is 0 Å². The second-order valence-electron chi connectivity index (χ2n) is 4.58. The third-order valence-electron chi connectivity index (χ3n) is 2.99. The molecule has 1 atom stereocenters. The molecular formula is C12H24N2O3. The van der Waals surface area contributed by atoms with Gasteiger partial charge in [0.25, 0.3) is 0 Å². The van der Waals surface area contributed by atoms with Gasteiger partial charge >= 0.3 is 12.0 Å². The predicted octanol–water partition coefficient (Wildman–Crippen LogP) is 2.02. The molecule has 0 aliphatic rings. The third kappa shape index (κ3) is 5.06. The average Bonchev–Trinajstić information content (AvgIpc) is 2.25. The highest BCUT2D eigenvalue weighted by Gasteiger charge is 2.23. The molecule has 5 heteroatoms. The molecule has 0 heterocycles. The van der Waals surface area contributed by atoms with Gasteiger partial charge in [-0.05, 0) is 27.2 Å². The van der Waals surface area contributed by atoms with Gasteiger partial charge in [-0.15, -0.1) is 0 Å². The monoisotopic (exact) mass is 244 g/mol. The fourth-order valence-electron chi connectivity index (χ4n) is 1.46. The Morgan fingerprint density at radius 3 is 2.12 bits per heavy atom. The van der Waals surface area contributed by atoms with Crippen LogP contribution in [-0.2, 0) is 4.79 Å². The summed E-state index contributed by atoms with van der Waals surface area (Å²) in [6.07, 6.45) is 0.866. The molecule has 0 fully saturated rings. The minimum atomic E-state index is -0.880. The van der Waals surface area contributed by atoms with Crippen molar-refractivity contribution in [1.29, 1.82) is 0 Å². The van der Waals surface area contributed by atoms with E-state index in [0.29, 0.717) is 0 Å². The molecule has 0 saturated heterocycles. The summed E-state index contributed by atoms with van der Waals surface area (Å²) in [6.45, 7) is 8.04. The van der Waals surface area contributed by atoms with Crippen LogP contribution in [-0.4, -0.2) is 52.6 Å². The van der Waals surface area contributed by atoms with Crippen LogP contribution in [0, 0.1) is 0 Å². The maximum absolute atomic E-state index is 12.2. The molecule has 0 radical (unpaired) electrons. The molecular weight excluding hydrogens is 220 g/mol. The minimum absolute atomic E-state index is 0.00774. The third-order valence-corrected chi connectivity index (χ3v) is 2.99. The summed E-state index contributed by atoms with van der Waals surface area (Å²) in [5.74, 6) is -0.880. The van der Waals surface area contributed by atoms with Crippen LogP contribution in [0.1, 0.15) is 40.5 Å². The summed E-state index contributed by atoms with van der Waals surface area (Å²) < 4.78 is 0. The zero-order valence-corrected chi connectivity index (χ0v) is 11.4. The molecule has 0 aromatic heterocycles. The molecule has 0 aliphatic carbocycles. The molecule has 5 nitrogen and oxygen atoms in total.